The van der Waals surface area contributed by atoms with E-state index in [1.807, 2.05) is 0 Å². The third-order valence-corrected chi connectivity index (χ3v) is 4.21. The lowest BCUT2D eigenvalue weighted by Gasteiger charge is -2.09. The summed E-state index contributed by atoms with van der Waals surface area (Å²) < 4.78 is 36.9. The lowest BCUT2D eigenvalue weighted by Crippen LogP contribution is -2.41. The Morgan fingerprint density at radius 2 is 1.83 bits per heavy atom. The highest BCUT2D eigenvalue weighted by atomic mass is 32.2. The topological polar surface area (TPSA) is 131 Å². The second-order valence-corrected chi connectivity index (χ2v) is 5.87. The zero-order chi connectivity index (χ0) is 17.9. The molecule has 1 aromatic carbocycles. The molecule has 1 aromatic heterocycles. The number of carbonyl (C=O) groups excluding carboxylic acids is 1. The molecular formula is C12H14N4O7S. The highest BCUT2D eigenvalue weighted by Crippen LogP contribution is 2.22. The van der Waals surface area contributed by atoms with Gasteiger partial charge < -0.3 is 14.3 Å². The maximum absolute atomic E-state index is 12.3. The Labute approximate surface area is 136 Å². The van der Waals surface area contributed by atoms with Crippen molar-refractivity contribution < 1.29 is 27.5 Å². The molecule has 0 aliphatic carbocycles. The summed E-state index contributed by atoms with van der Waals surface area (Å²) in [5.41, 5.74) is -1.04. The number of ether oxygens (including phenoxy) is 2. The Kier molecular flexibility index (Phi) is 4.78. The quantitative estimate of drug-likeness (QED) is 0.725. The minimum Gasteiger partial charge on any atom is -0.495 e. The monoisotopic (exact) mass is 358 g/mol. The van der Waals surface area contributed by atoms with Crippen LogP contribution in [0.5, 0.6) is 11.8 Å². The van der Waals surface area contributed by atoms with E-state index in [0.29, 0.717) is 4.73 Å². The Bertz CT molecular complexity index is 916. The SMILES string of the molecule is COc1ccccc1S(=O)(=O)NC(=O)n1nc(OC)n(OC)c1=O. The second kappa shape index (κ2) is 6.62. The van der Waals surface area contributed by atoms with E-state index >= 15 is 0 Å². The molecule has 1 amide bonds. The maximum atomic E-state index is 12.3. The van der Waals surface area contributed by atoms with Crippen molar-refractivity contribution in [2.75, 3.05) is 21.3 Å². The van der Waals surface area contributed by atoms with Gasteiger partial charge in [0.25, 0.3) is 10.0 Å². The van der Waals surface area contributed by atoms with Crippen molar-refractivity contribution in [1.82, 2.24) is 19.2 Å². The fourth-order valence-corrected chi connectivity index (χ4v) is 2.90. The molecular weight excluding hydrogens is 344 g/mol. The van der Waals surface area contributed by atoms with Crippen LogP contribution < -0.4 is 24.7 Å². The van der Waals surface area contributed by atoms with Gasteiger partial charge in [-0.25, -0.2) is 22.7 Å². The van der Waals surface area contributed by atoms with Crippen LogP contribution in [0.4, 0.5) is 4.79 Å². The van der Waals surface area contributed by atoms with E-state index in [0.717, 1.165) is 7.11 Å². The highest BCUT2D eigenvalue weighted by Gasteiger charge is 2.26. The van der Waals surface area contributed by atoms with Gasteiger partial charge in [-0.05, 0) is 12.1 Å². The Morgan fingerprint density at radius 1 is 1.17 bits per heavy atom. The van der Waals surface area contributed by atoms with Gasteiger partial charge in [0.1, 0.15) is 17.8 Å². The van der Waals surface area contributed by atoms with E-state index in [9.17, 15) is 18.0 Å². The molecule has 0 saturated heterocycles. The van der Waals surface area contributed by atoms with Gasteiger partial charge in [0.15, 0.2) is 0 Å². The van der Waals surface area contributed by atoms with Crippen molar-refractivity contribution in [1.29, 1.82) is 0 Å². The van der Waals surface area contributed by atoms with Crippen LogP contribution in [0.3, 0.4) is 0 Å². The number of methoxy groups -OCH3 is 2. The predicted octanol–water partition coefficient (Wildman–Crippen LogP) is -0.933. The van der Waals surface area contributed by atoms with Gasteiger partial charge in [-0.1, -0.05) is 16.9 Å². The number of hydrogen-bond acceptors (Lipinski definition) is 8. The van der Waals surface area contributed by atoms with Crippen LogP contribution in [0, 0.1) is 0 Å². The summed E-state index contributed by atoms with van der Waals surface area (Å²) >= 11 is 0. The number of nitrogens with one attached hydrogen (secondary N) is 1. The Balaban J connectivity index is 2.39. The van der Waals surface area contributed by atoms with E-state index in [1.54, 1.807) is 10.8 Å². The van der Waals surface area contributed by atoms with Crippen molar-refractivity contribution in [3.8, 4) is 11.8 Å². The molecule has 2 aromatic rings. The van der Waals surface area contributed by atoms with Crippen LogP contribution in [-0.4, -0.2) is 50.3 Å². The van der Waals surface area contributed by atoms with Gasteiger partial charge in [-0.2, -0.15) is 0 Å². The summed E-state index contributed by atoms with van der Waals surface area (Å²) in [4.78, 5) is 28.5. The van der Waals surface area contributed by atoms with Gasteiger partial charge in [-0.3, -0.25) is 0 Å². The molecule has 0 saturated carbocycles. The third kappa shape index (κ3) is 3.03. The molecule has 130 valence electrons. The molecule has 2 rings (SSSR count). The van der Waals surface area contributed by atoms with Crippen molar-refractivity contribution in [3.05, 3.63) is 34.7 Å². The zero-order valence-electron chi connectivity index (χ0n) is 12.9. The number of aromatic nitrogens is 3. The van der Waals surface area contributed by atoms with Crippen LogP contribution in [0.1, 0.15) is 0 Å². The highest BCUT2D eigenvalue weighted by molar-refractivity contribution is 7.90. The number of rotatable bonds is 5. The molecule has 0 spiro atoms. The first-order valence-corrected chi connectivity index (χ1v) is 7.84. The van der Waals surface area contributed by atoms with Crippen molar-refractivity contribution in [2.24, 2.45) is 0 Å². The molecule has 12 heteroatoms. The van der Waals surface area contributed by atoms with E-state index in [4.69, 9.17) is 14.3 Å². The smallest absolute Gasteiger partial charge is 0.391 e. The minimum absolute atomic E-state index is 0.0325. The first-order valence-electron chi connectivity index (χ1n) is 6.36. The van der Waals surface area contributed by atoms with Crippen molar-refractivity contribution in [3.63, 3.8) is 0 Å². The minimum atomic E-state index is -4.30. The number of hydrogen-bond donors (Lipinski definition) is 1. The van der Waals surface area contributed by atoms with Crippen LogP contribution >= 0.6 is 0 Å². The van der Waals surface area contributed by atoms with E-state index < -0.39 is 21.7 Å². The summed E-state index contributed by atoms with van der Waals surface area (Å²) in [7, 11) is -0.664. The van der Waals surface area contributed by atoms with Crippen molar-refractivity contribution >= 4 is 16.1 Å². The molecule has 0 bridgehead atoms. The van der Waals surface area contributed by atoms with E-state index in [2.05, 4.69) is 5.10 Å². The van der Waals surface area contributed by atoms with Crippen LogP contribution in [0.2, 0.25) is 0 Å². The molecule has 0 aliphatic heterocycles. The summed E-state index contributed by atoms with van der Waals surface area (Å²) in [5.74, 6) is 0.0325. The molecule has 11 nitrogen and oxygen atoms in total. The number of nitrogens with zero attached hydrogens (tertiary/aromatic N) is 3. The van der Waals surface area contributed by atoms with Crippen LogP contribution in [0.25, 0.3) is 0 Å². The Morgan fingerprint density at radius 3 is 2.38 bits per heavy atom. The summed E-state index contributed by atoms with van der Waals surface area (Å²) in [6.07, 6.45) is 0. The molecule has 0 aliphatic rings. The number of sulfonamides is 1. The van der Waals surface area contributed by atoms with Gasteiger partial charge in [-0.15, -0.1) is 9.78 Å². The molecule has 0 fully saturated rings. The largest absolute Gasteiger partial charge is 0.495 e. The average Bonchev–Trinajstić information content (AvgIpc) is 2.90. The first-order chi connectivity index (χ1) is 11.4. The summed E-state index contributed by atoms with van der Waals surface area (Å²) in [5, 5.41) is 3.53. The maximum Gasteiger partial charge on any atom is 0.391 e. The van der Waals surface area contributed by atoms with Crippen LogP contribution in [0.15, 0.2) is 34.0 Å². The van der Waals surface area contributed by atoms with Crippen molar-refractivity contribution in [2.45, 2.75) is 4.90 Å². The number of carbonyl (C=O) groups is 1. The van der Waals surface area contributed by atoms with Gasteiger partial charge in [0, 0.05) is 0 Å². The second-order valence-electron chi connectivity index (χ2n) is 4.22. The molecule has 0 unspecified atom stereocenters. The molecule has 0 atom stereocenters. The summed E-state index contributed by atoms with van der Waals surface area (Å²) in [6, 6.07) is 4.04. The Hall–Kier alpha value is -3.02. The van der Waals surface area contributed by atoms with E-state index in [-0.39, 0.29) is 21.3 Å². The third-order valence-electron chi connectivity index (χ3n) is 2.85. The normalized spacial score (nSPS) is 11.0. The lowest BCUT2D eigenvalue weighted by atomic mass is 10.3. The first kappa shape index (κ1) is 17.3. The molecule has 1 N–H and O–H groups in total. The molecule has 1 heterocycles. The van der Waals surface area contributed by atoms with E-state index in [1.165, 1.54) is 32.4 Å². The summed E-state index contributed by atoms with van der Waals surface area (Å²) in [6.45, 7) is 0. The standard InChI is InChI=1S/C12H14N4O7S/c1-21-8-6-4-5-7-9(8)24(19,20)14-10(17)15-12(18)16(23-3)11(13-15)22-2/h4-7H,1-3H3,(H,14,17). The van der Waals surface area contributed by atoms with Gasteiger partial charge >= 0.3 is 17.7 Å². The lowest BCUT2D eigenvalue weighted by molar-refractivity contribution is 0.128. The fraction of sp³-hybridized carbons (Fsp3) is 0.250. The van der Waals surface area contributed by atoms with Gasteiger partial charge in [0.2, 0.25) is 0 Å². The van der Waals surface area contributed by atoms with Crippen LogP contribution in [-0.2, 0) is 10.0 Å². The number of para-hydroxylation sites is 1. The average molecular weight is 358 g/mol. The predicted molar refractivity (Wildman–Crippen MR) is 79.7 cm³/mol. The zero-order valence-corrected chi connectivity index (χ0v) is 13.7. The fourth-order valence-electron chi connectivity index (χ4n) is 1.80. The number of amides is 1. The molecule has 24 heavy (non-hydrogen) atoms. The van der Waals surface area contributed by atoms with Gasteiger partial charge in [0.05, 0.1) is 14.2 Å². The number of benzene rings is 1. The molecule has 0 radical (unpaired) electrons.